The van der Waals surface area contributed by atoms with Crippen LogP contribution in [0, 0.1) is 5.92 Å². The molecule has 6 heteroatoms. The third kappa shape index (κ3) is 2.93. The number of carbonyl (C=O) groups excluding carboxylic acids is 1. The Bertz CT molecular complexity index is 443. The van der Waals surface area contributed by atoms with E-state index in [1.165, 1.54) is 11.3 Å². The van der Waals surface area contributed by atoms with Gasteiger partial charge in [0.15, 0.2) is 5.13 Å². The normalized spacial score (nSPS) is 22.0. The molecule has 0 radical (unpaired) electrons. The van der Waals surface area contributed by atoms with E-state index in [0.29, 0.717) is 27.8 Å². The first kappa shape index (κ1) is 13.1. The SMILES string of the molecule is CCC1CC1NC(=O)c1sc(NC(C)C)nc1N. The van der Waals surface area contributed by atoms with Crippen LogP contribution in [0.3, 0.4) is 0 Å². The molecule has 2 atom stereocenters. The quantitative estimate of drug-likeness (QED) is 0.763. The number of nitrogens with one attached hydrogen (secondary N) is 2. The second kappa shape index (κ2) is 5.14. The Morgan fingerprint density at radius 2 is 2.33 bits per heavy atom. The molecular weight excluding hydrogens is 248 g/mol. The number of aromatic nitrogens is 1. The Hall–Kier alpha value is -1.30. The van der Waals surface area contributed by atoms with Crippen molar-refractivity contribution in [3.05, 3.63) is 4.88 Å². The fourth-order valence-electron chi connectivity index (χ4n) is 1.91. The maximum absolute atomic E-state index is 12.0. The number of amides is 1. The van der Waals surface area contributed by atoms with Gasteiger partial charge in [0.25, 0.3) is 5.91 Å². The van der Waals surface area contributed by atoms with Gasteiger partial charge in [-0.1, -0.05) is 24.7 Å². The van der Waals surface area contributed by atoms with Crippen LogP contribution in [0.15, 0.2) is 0 Å². The summed E-state index contributed by atoms with van der Waals surface area (Å²) in [6, 6.07) is 0.602. The summed E-state index contributed by atoms with van der Waals surface area (Å²) in [6.45, 7) is 6.18. The van der Waals surface area contributed by atoms with Crippen LogP contribution >= 0.6 is 11.3 Å². The van der Waals surface area contributed by atoms with Gasteiger partial charge in [-0.15, -0.1) is 0 Å². The van der Waals surface area contributed by atoms with E-state index in [9.17, 15) is 4.79 Å². The van der Waals surface area contributed by atoms with Gasteiger partial charge < -0.3 is 16.4 Å². The fourth-order valence-corrected chi connectivity index (χ4v) is 2.85. The van der Waals surface area contributed by atoms with Crippen LogP contribution in [-0.4, -0.2) is 23.0 Å². The van der Waals surface area contributed by atoms with Crippen molar-refractivity contribution in [2.75, 3.05) is 11.1 Å². The number of nitrogens with zero attached hydrogens (tertiary/aromatic N) is 1. The van der Waals surface area contributed by atoms with E-state index in [4.69, 9.17) is 5.73 Å². The Kier molecular flexibility index (Phi) is 3.75. The number of rotatable bonds is 5. The van der Waals surface area contributed by atoms with Crippen LogP contribution in [0.5, 0.6) is 0 Å². The van der Waals surface area contributed by atoms with Crippen molar-refractivity contribution >= 4 is 28.2 Å². The van der Waals surface area contributed by atoms with E-state index in [1.807, 2.05) is 13.8 Å². The van der Waals surface area contributed by atoms with Crippen molar-refractivity contribution in [3.8, 4) is 0 Å². The lowest BCUT2D eigenvalue weighted by Crippen LogP contribution is -2.26. The van der Waals surface area contributed by atoms with Crippen molar-refractivity contribution in [1.82, 2.24) is 10.3 Å². The predicted molar refractivity (Wildman–Crippen MR) is 74.9 cm³/mol. The highest BCUT2D eigenvalue weighted by Crippen LogP contribution is 2.34. The number of carbonyl (C=O) groups is 1. The van der Waals surface area contributed by atoms with Crippen molar-refractivity contribution in [2.45, 2.75) is 45.7 Å². The monoisotopic (exact) mass is 268 g/mol. The van der Waals surface area contributed by atoms with Crippen LogP contribution in [-0.2, 0) is 0 Å². The highest BCUT2D eigenvalue weighted by atomic mass is 32.1. The Balaban J connectivity index is 1.99. The predicted octanol–water partition coefficient (Wildman–Crippen LogP) is 2.07. The van der Waals surface area contributed by atoms with Crippen molar-refractivity contribution in [1.29, 1.82) is 0 Å². The first-order chi connectivity index (χ1) is 8.51. The van der Waals surface area contributed by atoms with Crippen LogP contribution in [0.2, 0.25) is 0 Å². The molecule has 0 bridgehead atoms. The van der Waals surface area contributed by atoms with Crippen LogP contribution in [0.1, 0.15) is 43.3 Å². The topological polar surface area (TPSA) is 80.0 Å². The minimum Gasteiger partial charge on any atom is -0.382 e. The highest BCUT2D eigenvalue weighted by molar-refractivity contribution is 7.18. The Labute approximate surface area is 111 Å². The average molecular weight is 268 g/mol. The molecule has 1 aromatic heterocycles. The molecule has 1 saturated carbocycles. The molecule has 1 aliphatic carbocycles. The van der Waals surface area contributed by atoms with E-state index < -0.39 is 0 Å². The van der Waals surface area contributed by atoms with Gasteiger partial charge in [-0.3, -0.25) is 4.79 Å². The summed E-state index contributed by atoms with van der Waals surface area (Å²) >= 11 is 1.32. The van der Waals surface area contributed by atoms with E-state index in [-0.39, 0.29) is 11.9 Å². The van der Waals surface area contributed by atoms with Crippen LogP contribution < -0.4 is 16.4 Å². The summed E-state index contributed by atoms with van der Waals surface area (Å²) in [6.07, 6.45) is 2.20. The van der Waals surface area contributed by atoms with Gasteiger partial charge in [0.05, 0.1) is 0 Å². The molecule has 1 fully saturated rings. The second-order valence-electron chi connectivity index (χ2n) is 5.02. The third-order valence-corrected chi connectivity index (χ3v) is 4.04. The molecule has 2 unspecified atom stereocenters. The van der Waals surface area contributed by atoms with Crippen molar-refractivity contribution in [2.24, 2.45) is 5.92 Å². The number of hydrogen-bond donors (Lipinski definition) is 3. The molecule has 1 aromatic rings. The van der Waals surface area contributed by atoms with Gasteiger partial charge in [-0.2, -0.15) is 0 Å². The van der Waals surface area contributed by atoms with Gasteiger partial charge in [0, 0.05) is 12.1 Å². The molecule has 0 aliphatic heterocycles. The summed E-state index contributed by atoms with van der Waals surface area (Å²) in [4.78, 5) is 16.7. The molecule has 1 heterocycles. The van der Waals surface area contributed by atoms with Crippen molar-refractivity contribution < 1.29 is 4.79 Å². The largest absolute Gasteiger partial charge is 0.382 e. The molecule has 0 aromatic carbocycles. The summed E-state index contributed by atoms with van der Waals surface area (Å²) in [5, 5.41) is 6.86. The number of nitrogens with two attached hydrogens (primary N) is 1. The maximum atomic E-state index is 12.0. The number of hydrogen-bond acceptors (Lipinski definition) is 5. The Morgan fingerprint density at radius 1 is 1.61 bits per heavy atom. The first-order valence-corrected chi connectivity index (χ1v) is 7.16. The molecule has 4 N–H and O–H groups in total. The summed E-state index contributed by atoms with van der Waals surface area (Å²) in [5.41, 5.74) is 5.78. The standard InChI is InChI=1S/C12H20N4OS/c1-4-7-5-8(7)15-11(17)9-10(13)16-12(18-9)14-6(2)3/h6-8H,4-5,13H2,1-3H3,(H,14,16)(H,15,17). The molecular formula is C12H20N4OS. The van der Waals surface area contributed by atoms with Gasteiger partial charge >= 0.3 is 0 Å². The molecule has 1 amide bonds. The summed E-state index contributed by atoms with van der Waals surface area (Å²) < 4.78 is 0. The minimum atomic E-state index is -0.0947. The fraction of sp³-hybridized carbons (Fsp3) is 0.667. The van der Waals surface area contributed by atoms with Gasteiger partial charge in [-0.25, -0.2) is 4.98 Å². The van der Waals surface area contributed by atoms with Gasteiger partial charge in [0.1, 0.15) is 10.7 Å². The zero-order valence-corrected chi connectivity index (χ0v) is 11.8. The van der Waals surface area contributed by atoms with E-state index >= 15 is 0 Å². The molecule has 100 valence electrons. The molecule has 18 heavy (non-hydrogen) atoms. The zero-order valence-electron chi connectivity index (χ0n) is 11.0. The van der Waals surface area contributed by atoms with Gasteiger partial charge in [-0.05, 0) is 26.2 Å². The lowest BCUT2D eigenvalue weighted by molar-refractivity contribution is 0.0953. The third-order valence-electron chi connectivity index (χ3n) is 3.04. The zero-order chi connectivity index (χ0) is 13.3. The molecule has 2 rings (SSSR count). The number of thiazole rings is 1. The summed E-state index contributed by atoms with van der Waals surface area (Å²) in [5.74, 6) is 0.855. The van der Waals surface area contributed by atoms with E-state index in [2.05, 4.69) is 22.5 Å². The smallest absolute Gasteiger partial charge is 0.265 e. The minimum absolute atomic E-state index is 0.0947. The van der Waals surface area contributed by atoms with Crippen LogP contribution in [0.25, 0.3) is 0 Å². The maximum Gasteiger partial charge on any atom is 0.265 e. The van der Waals surface area contributed by atoms with E-state index in [1.54, 1.807) is 0 Å². The highest BCUT2D eigenvalue weighted by Gasteiger charge is 2.37. The number of anilines is 2. The lowest BCUT2D eigenvalue weighted by Gasteiger charge is -2.04. The van der Waals surface area contributed by atoms with Crippen molar-refractivity contribution in [3.63, 3.8) is 0 Å². The second-order valence-corrected chi connectivity index (χ2v) is 6.02. The van der Waals surface area contributed by atoms with E-state index in [0.717, 1.165) is 12.8 Å². The molecule has 1 aliphatic rings. The molecule has 0 saturated heterocycles. The van der Waals surface area contributed by atoms with Gasteiger partial charge in [0.2, 0.25) is 0 Å². The lowest BCUT2D eigenvalue weighted by atomic mass is 10.3. The summed E-state index contributed by atoms with van der Waals surface area (Å²) in [7, 11) is 0. The first-order valence-electron chi connectivity index (χ1n) is 6.35. The molecule has 0 spiro atoms. The molecule has 5 nitrogen and oxygen atoms in total. The number of nitrogen functional groups attached to an aromatic ring is 1. The van der Waals surface area contributed by atoms with Crippen LogP contribution in [0.4, 0.5) is 10.9 Å². The average Bonchev–Trinajstić information content (AvgIpc) is 2.93. The Morgan fingerprint density at radius 3 is 2.89 bits per heavy atom.